The summed E-state index contributed by atoms with van der Waals surface area (Å²) in [5, 5.41) is 0.653. The van der Waals surface area contributed by atoms with Crippen molar-refractivity contribution in [2.75, 3.05) is 6.61 Å². The number of nitrogens with two attached hydrogens (primary N) is 1. The molecule has 38 heavy (non-hydrogen) atoms. The first-order valence-corrected chi connectivity index (χ1v) is 11.8. The fraction of sp³-hybridized carbons (Fsp3) is 0.214. The van der Waals surface area contributed by atoms with Crippen LogP contribution in [-0.4, -0.2) is 28.5 Å². The van der Waals surface area contributed by atoms with Crippen LogP contribution in [0.3, 0.4) is 0 Å². The molecule has 0 saturated heterocycles. The van der Waals surface area contributed by atoms with Crippen LogP contribution in [0.1, 0.15) is 46.9 Å². The summed E-state index contributed by atoms with van der Waals surface area (Å²) in [4.78, 5) is 46.2. The highest BCUT2D eigenvalue weighted by molar-refractivity contribution is 5.99. The summed E-state index contributed by atoms with van der Waals surface area (Å²) in [5.74, 6) is -4.86. The highest BCUT2D eigenvalue weighted by Gasteiger charge is 2.29. The molecule has 0 radical (unpaired) electrons. The van der Waals surface area contributed by atoms with Gasteiger partial charge in [-0.2, -0.15) is 0 Å². The largest absolute Gasteiger partial charge is 0.462 e. The predicted molar refractivity (Wildman–Crippen MR) is 137 cm³/mol. The van der Waals surface area contributed by atoms with Crippen LogP contribution >= 0.6 is 0 Å². The zero-order valence-corrected chi connectivity index (χ0v) is 21.1. The van der Waals surface area contributed by atoms with E-state index in [9.17, 15) is 23.2 Å². The number of nitrogens with zero attached hydrogens (tertiary/aromatic N) is 1. The molecule has 0 bridgehead atoms. The molecule has 4 rings (SSSR count). The van der Waals surface area contributed by atoms with Crippen LogP contribution < -0.4 is 15.9 Å². The van der Waals surface area contributed by atoms with E-state index in [2.05, 4.69) is 9.97 Å². The van der Waals surface area contributed by atoms with Crippen molar-refractivity contribution < 1.29 is 27.8 Å². The van der Waals surface area contributed by atoms with E-state index >= 15 is 0 Å². The minimum atomic E-state index is -1.08. The zero-order chi connectivity index (χ0) is 27.7. The molecule has 4 aromatic rings. The maximum atomic E-state index is 14.3. The number of nitrogens with one attached hydrogen (secondary N) is 1. The normalized spacial score (nSPS) is 11.8. The number of carbonyl (C=O) groups excluding carboxylic acids is 2. The molecule has 0 aliphatic rings. The van der Waals surface area contributed by atoms with Crippen LogP contribution in [0, 0.1) is 25.5 Å². The number of hydrogen-bond acceptors (Lipinski definition) is 6. The number of ether oxygens (including phenoxy) is 2. The van der Waals surface area contributed by atoms with E-state index in [4.69, 9.17) is 15.2 Å². The van der Waals surface area contributed by atoms with Crippen molar-refractivity contribution in [2.45, 2.75) is 33.6 Å². The first-order chi connectivity index (χ1) is 18.0. The van der Waals surface area contributed by atoms with Crippen LogP contribution in [-0.2, 0) is 9.53 Å². The monoisotopic (exact) mass is 521 g/mol. The lowest BCUT2D eigenvalue weighted by Crippen LogP contribution is -2.30. The third-order valence-corrected chi connectivity index (χ3v) is 6.23. The van der Waals surface area contributed by atoms with Crippen molar-refractivity contribution in [3.63, 3.8) is 0 Å². The van der Waals surface area contributed by atoms with E-state index in [0.717, 1.165) is 6.07 Å². The van der Waals surface area contributed by atoms with Gasteiger partial charge < -0.3 is 20.2 Å². The van der Waals surface area contributed by atoms with E-state index in [1.54, 1.807) is 44.2 Å². The van der Waals surface area contributed by atoms with Crippen molar-refractivity contribution in [1.82, 2.24) is 9.97 Å². The average Bonchev–Trinajstić information content (AvgIpc) is 2.88. The van der Waals surface area contributed by atoms with E-state index in [1.807, 2.05) is 0 Å². The molecular formula is C28H25F2N3O5. The van der Waals surface area contributed by atoms with Gasteiger partial charge in [-0.05, 0) is 52.0 Å². The summed E-state index contributed by atoms with van der Waals surface area (Å²) in [5.41, 5.74) is 5.32. The fourth-order valence-electron chi connectivity index (χ4n) is 4.20. The standard InChI is InChI=1S/C28H25F2N3O5/c1-5-37-28(36)22-24(32-15(4)21(25(22)34)14(3)26(31)35)17-12-16-8-6-7-9-19(16)33-27(17)38-20-11-10-18(29)23(30)13(20)2/h6-12,14H,5H2,1-4H3,(H2,31,35)(H,32,34). The summed E-state index contributed by atoms with van der Waals surface area (Å²) >= 11 is 0. The molecular weight excluding hydrogens is 496 g/mol. The number of aromatic nitrogens is 2. The van der Waals surface area contributed by atoms with Gasteiger partial charge in [-0.1, -0.05) is 18.2 Å². The van der Waals surface area contributed by atoms with Crippen LogP contribution in [0.4, 0.5) is 8.78 Å². The molecule has 2 aromatic heterocycles. The summed E-state index contributed by atoms with van der Waals surface area (Å²) in [6, 6.07) is 10.9. The number of pyridine rings is 2. The fourth-order valence-corrected chi connectivity index (χ4v) is 4.20. The van der Waals surface area contributed by atoms with Gasteiger partial charge in [0.2, 0.25) is 17.2 Å². The topological polar surface area (TPSA) is 124 Å². The van der Waals surface area contributed by atoms with Gasteiger partial charge in [-0.25, -0.2) is 18.6 Å². The molecule has 0 spiro atoms. The Kier molecular flexibility index (Phi) is 7.25. The van der Waals surface area contributed by atoms with Gasteiger partial charge in [-0.15, -0.1) is 0 Å². The summed E-state index contributed by atoms with van der Waals surface area (Å²) in [6.07, 6.45) is 0. The Balaban J connectivity index is 2.05. The third kappa shape index (κ3) is 4.72. The van der Waals surface area contributed by atoms with Crippen LogP contribution in [0.2, 0.25) is 0 Å². The highest BCUT2D eigenvalue weighted by Crippen LogP contribution is 2.37. The number of esters is 1. The number of hydrogen-bond donors (Lipinski definition) is 2. The van der Waals surface area contributed by atoms with Crippen LogP contribution in [0.25, 0.3) is 22.2 Å². The number of amides is 1. The van der Waals surface area contributed by atoms with E-state index in [-0.39, 0.29) is 46.2 Å². The SMILES string of the molecule is CCOC(=O)c1c(-c2cc3ccccc3nc2Oc2ccc(F)c(F)c2C)[nH]c(C)c(C(C)C(N)=O)c1=O. The Morgan fingerprint density at radius 1 is 1.13 bits per heavy atom. The third-order valence-electron chi connectivity index (χ3n) is 6.23. The summed E-state index contributed by atoms with van der Waals surface area (Å²) < 4.78 is 39.2. The second kappa shape index (κ2) is 10.4. The van der Waals surface area contributed by atoms with Gasteiger partial charge in [0.05, 0.1) is 29.3 Å². The first kappa shape index (κ1) is 26.5. The maximum Gasteiger partial charge on any atom is 0.344 e. The second-order valence-electron chi connectivity index (χ2n) is 8.71. The molecule has 1 amide bonds. The molecule has 8 nitrogen and oxygen atoms in total. The lowest BCUT2D eigenvalue weighted by molar-refractivity contribution is -0.119. The van der Waals surface area contributed by atoms with E-state index in [1.165, 1.54) is 19.9 Å². The number of halogens is 2. The Morgan fingerprint density at radius 2 is 1.84 bits per heavy atom. The van der Waals surface area contributed by atoms with Crippen molar-refractivity contribution in [3.05, 3.63) is 86.7 Å². The number of carbonyl (C=O) groups is 2. The summed E-state index contributed by atoms with van der Waals surface area (Å²) in [7, 11) is 0. The van der Waals surface area contributed by atoms with Gasteiger partial charge in [0.1, 0.15) is 11.3 Å². The van der Waals surface area contributed by atoms with E-state index in [0.29, 0.717) is 16.6 Å². The first-order valence-electron chi connectivity index (χ1n) is 11.8. The molecule has 1 atom stereocenters. The number of aryl methyl sites for hydroxylation is 1. The molecule has 1 unspecified atom stereocenters. The van der Waals surface area contributed by atoms with Gasteiger partial charge in [0.25, 0.3) is 0 Å². The van der Waals surface area contributed by atoms with Gasteiger partial charge in [0.15, 0.2) is 11.6 Å². The van der Waals surface area contributed by atoms with Gasteiger partial charge >= 0.3 is 5.97 Å². The number of fused-ring (bicyclic) bond motifs is 1. The molecule has 2 aromatic carbocycles. The molecule has 196 valence electrons. The van der Waals surface area contributed by atoms with Gasteiger partial charge in [0, 0.05) is 22.2 Å². The predicted octanol–water partition coefficient (Wildman–Crippen LogP) is 5.04. The lowest BCUT2D eigenvalue weighted by Gasteiger charge is -2.19. The van der Waals surface area contributed by atoms with Crippen molar-refractivity contribution in [1.29, 1.82) is 0 Å². The number of benzene rings is 2. The molecule has 0 saturated carbocycles. The molecule has 2 heterocycles. The Morgan fingerprint density at radius 3 is 2.53 bits per heavy atom. The minimum absolute atomic E-state index is 0.0105. The number of primary amides is 1. The number of para-hydroxylation sites is 1. The minimum Gasteiger partial charge on any atom is -0.462 e. The molecule has 0 aliphatic heterocycles. The van der Waals surface area contributed by atoms with Crippen molar-refractivity contribution in [2.24, 2.45) is 5.73 Å². The number of aromatic amines is 1. The zero-order valence-electron chi connectivity index (χ0n) is 21.1. The Hall–Kier alpha value is -4.60. The van der Waals surface area contributed by atoms with Crippen molar-refractivity contribution >= 4 is 22.8 Å². The van der Waals surface area contributed by atoms with Crippen LogP contribution in [0.5, 0.6) is 11.6 Å². The number of H-pyrrole nitrogens is 1. The van der Waals surface area contributed by atoms with Gasteiger partial charge in [-0.3, -0.25) is 9.59 Å². The quantitative estimate of drug-likeness (QED) is 0.328. The summed E-state index contributed by atoms with van der Waals surface area (Å²) in [6.45, 7) is 5.96. The van der Waals surface area contributed by atoms with Crippen LogP contribution in [0.15, 0.2) is 47.3 Å². The Labute approximate surface area is 216 Å². The molecule has 0 aliphatic carbocycles. The van der Waals surface area contributed by atoms with Crippen molar-refractivity contribution in [3.8, 4) is 22.9 Å². The lowest BCUT2D eigenvalue weighted by atomic mass is 9.94. The molecule has 0 fully saturated rings. The maximum absolute atomic E-state index is 14.3. The second-order valence-corrected chi connectivity index (χ2v) is 8.71. The average molecular weight is 522 g/mol. The molecule has 10 heteroatoms. The smallest absolute Gasteiger partial charge is 0.344 e. The number of rotatable bonds is 7. The Bertz CT molecular complexity index is 1650. The molecule has 3 N–H and O–H groups in total. The van der Waals surface area contributed by atoms with E-state index < -0.39 is 34.9 Å². The highest BCUT2D eigenvalue weighted by atomic mass is 19.2.